The number of Topliss-reactive ketones (excluding diaryl/α,β-unsaturated/α-hetero) is 1. The number of rotatable bonds is 8. The molecule has 9 nitrogen and oxygen atoms in total. The van der Waals surface area contributed by atoms with Crippen LogP contribution in [0.3, 0.4) is 0 Å². The summed E-state index contributed by atoms with van der Waals surface area (Å²) in [5.74, 6) is 1.02. The van der Waals surface area contributed by atoms with E-state index in [1.807, 2.05) is 14.0 Å². The maximum Gasteiger partial charge on any atom is 0.276 e. The van der Waals surface area contributed by atoms with Crippen molar-refractivity contribution in [2.45, 2.75) is 32.7 Å². The molecule has 2 aliphatic rings. The largest absolute Gasteiger partial charge is 0.493 e. The Kier molecular flexibility index (Phi) is 6.88. The number of ether oxygens (including phenoxy) is 2. The second-order valence-corrected chi connectivity index (χ2v) is 8.13. The van der Waals surface area contributed by atoms with Gasteiger partial charge in [0.1, 0.15) is 17.3 Å². The van der Waals surface area contributed by atoms with Crippen molar-refractivity contribution in [3.63, 3.8) is 0 Å². The number of aromatic amines is 1. The summed E-state index contributed by atoms with van der Waals surface area (Å²) in [7, 11) is 1.82. The summed E-state index contributed by atoms with van der Waals surface area (Å²) in [5.41, 5.74) is 5.53. The third kappa shape index (κ3) is 4.55. The van der Waals surface area contributed by atoms with Gasteiger partial charge in [0.05, 0.1) is 43.7 Å². The molecule has 1 unspecified atom stereocenters. The van der Waals surface area contributed by atoms with E-state index in [9.17, 15) is 9.59 Å². The van der Waals surface area contributed by atoms with Crippen LogP contribution in [-0.2, 0) is 4.74 Å². The van der Waals surface area contributed by atoms with E-state index in [-0.39, 0.29) is 17.4 Å². The number of hydrogen-bond donors (Lipinski definition) is 2. The number of nitrogens with one attached hydrogen (secondary N) is 2. The Hall–Kier alpha value is -2.75. The first-order valence-corrected chi connectivity index (χ1v) is 11.3. The number of anilines is 1. The third-order valence-electron chi connectivity index (χ3n) is 5.84. The van der Waals surface area contributed by atoms with Gasteiger partial charge in [-0.15, -0.1) is 0 Å². The molecule has 0 bridgehead atoms. The third-order valence-corrected chi connectivity index (χ3v) is 5.84. The molecule has 2 N–H and O–H groups in total. The van der Waals surface area contributed by atoms with Crippen LogP contribution in [0, 0.1) is 0 Å². The molecule has 1 atom stereocenters. The summed E-state index contributed by atoms with van der Waals surface area (Å²) in [5, 5.41) is 1.73. The van der Waals surface area contributed by atoms with Crippen molar-refractivity contribution in [2.24, 2.45) is 0 Å². The van der Waals surface area contributed by atoms with Gasteiger partial charge in [-0.25, -0.2) is 10.4 Å². The van der Waals surface area contributed by atoms with Crippen molar-refractivity contribution < 1.29 is 14.3 Å². The Morgan fingerprint density at radius 1 is 1.28 bits per heavy atom. The second-order valence-electron chi connectivity index (χ2n) is 8.13. The predicted octanol–water partition coefficient (Wildman–Crippen LogP) is 2.15. The van der Waals surface area contributed by atoms with Crippen LogP contribution in [0.4, 0.5) is 5.69 Å². The van der Waals surface area contributed by atoms with Gasteiger partial charge >= 0.3 is 0 Å². The highest BCUT2D eigenvalue weighted by atomic mass is 16.5. The van der Waals surface area contributed by atoms with Gasteiger partial charge in [0.25, 0.3) is 5.56 Å². The summed E-state index contributed by atoms with van der Waals surface area (Å²) < 4.78 is 11.2. The van der Waals surface area contributed by atoms with Crippen molar-refractivity contribution in [1.82, 2.24) is 20.3 Å². The molecule has 1 aromatic heterocycles. The lowest BCUT2D eigenvalue weighted by atomic mass is 10.0. The fourth-order valence-electron chi connectivity index (χ4n) is 4.25. The first kappa shape index (κ1) is 22.4. The van der Waals surface area contributed by atoms with Crippen LogP contribution in [0.25, 0.3) is 11.4 Å². The second kappa shape index (κ2) is 9.81. The van der Waals surface area contributed by atoms with Crippen LogP contribution in [0.15, 0.2) is 23.0 Å². The van der Waals surface area contributed by atoms with Crippen molar-refractivity contribution in [3.8, 4) is 17.1 Å². The minimum atomic E-state index is -0.217. The minimum Gasteiger partial charge on any atom is -0.493 e. The highest BCUT2D eigenvalue weighted by Gasteiger charge is 2.31. The highest BCUT2D eigenvalue weighted by molar-refractivity contribution is 5.99. The van der Waals surface area contributed by atoms with Crippen LogP contribution in [0.5, 0.6) is 5.75 Å². The molecule has 0 saturated carbocycles. The molecule has 9 heteroatoms. The van der Waals surface area contributed by atoms with Crippen LogP contribution in [0.1, 0.15) is 48.8 Å². The molecule has 0 radical (unpaired) electrons. The van der Waals surface area contributed by atoms with Gasteiger partial charge in [-0.1, -0.05) is 13.3 Å². The summed E-state index contributed by atoms with van der Waals surface area (Å²) in [6, 6.07) is 5.31. The van der Waals surface area contributed by atoms with Gasteiger partial charge in [-0.2, -0.15) is 0 Å². The zero-order chi connectivity index (χ0) is 22.7. The number of ketones is 1. The Labute approximate surface area is 187 Å². The van der Waals surface area contributed by atoms with Crippen molar-refractivity contribution in [1.29, 1.82) is 0 Å². The summed E-state index contributed by atoms with van der Waals surface area (Å²) in [6.07, 6.45) is 1.83. The van der Waals surface area contributed by atoms with Gasteiger partial charge in [0.15, 0.2) is 5.78 Å². The number of aromatic nitrogens is 2. The monoisotopic (exact) mass is 441 g/mol. The molecule has 0 amide bonds. The smallest absolute Gasteiger partial charge is 0.276 e. The number of H-pyrrole nitrogens is 1. The molecule has 1 fully saturated rings. The fourth-order valence-corrected chi connectivity index (χ4v) is 4.25. The molecule has 2 aromatic rings. The number of carbonyl (C=O) groups excluding carboxylic acids is 1. The molecule has 1 saturated heterocycles. The lowest BCUT2D eigenvalue weighted by molar-refractivity contribution is 0.0371. The molecule has 0 spiro atoms. The maximum atomic E-state index is 13.0. The quantitative estimate of drug-likeness (QED) is 0.601. The first-order chi connectivity index (χ1) is 15.5. The van der Waals surface area contributed by atoms with Gasteiger partial charge in [-0.3, -0.25) is 14.5 Å². The molecule has 0 aliphatic carbocycles. The Bertz CT molecular complexity index is 1030. The lowest BCUT2D eigenvalue weighted by Gasteiger charge is -2.25. The van der Waals surface area contributed by atoms with Gasteiger partial charge in [-0.05, 0) is 31.5 Å². The van der Waals surface area contributed by atoms with Crippen LogP contribution in [0.2, 0.25) is 0 Å². The summed E-state index contributed by atoms with van der Waals surface area (Å²) >= 11 is 0. The van der Waals surface area contributed by atoms with E-state index in [4.69, 9.17) is 14.5 Å². The fraction of sp³-hybridized carbons (Fsp3) is 0.522. The maximum absolute atomic E-state index is 13.0. The molecule has 1 aromatic carbocycles. The number of hydrogen-bond acceptors (Lipinski definition) is 8. The van der Waals surface area contributed by atoms with E-state index >= 15 is 0 Å². The molecule has 2 aliphatic heterocycles. The number of hydrazine groups is 1. The zero-order valence-electron chi connectivity index (χ0n) is 18.9. The van der Waals surface area contributed by atoms with Crippen LogP contribution >= 0.6 is 0 Å². The molecule has 4 rings (SSSR count). The molecule has 3 heterocycles. The Morgan fingerprint density at radius 2 is 2.06 bits per heavy atom. The topological polar surface area (TPSA) is 99.8 Å². The molecular formula is C23H31N5O4. The number of fused-ring (bicyclic) bond motifs is 1. The van der Waals surface area contributed by atoms with E-state index < -0.39 is 0 Å². The number of morpholine rings is 1. The van der Waals surface area contributed by atoms with Crippen molar-refractivity contribution in [2.75, 3.05) is 51.5 Å². The molecule has 172 valence electrons. The normalized spacial score (nSPS) is 18.6. The van der Waals surface area contributed by atoms with Crippen molar-refractivity contribution in [3.05, 3.63) is 39.8 Å². The standard InChI is InChI=1S/C23H31N5O4/c1-4-6-17-20-21(27(3)26-17)23(30)25-22(24-20)16-13-15(7-8-19(16)32-5-2)18(29)14-28-9-11-31-12-10-28/h7-8,13,17,26H,4-6,9-12,14H2,1-3H3,(H,24,25,30). The number of nitrogens with zero attached hydrogens (tertiary/aromatic N) is 3. The van der Waals surface area contributed by atoms with E-state index in [1.54, 1.807) is 23.2 Å². The van der Waals surface area contributed by atoms with E-state index in [0.29, 0.717) is 54.8 Å². The van der Waals surface area contributed by atoms with Crippen molar-refractivity contribution >= 4 is 11.5 Å². The predicted molar refractivity (Wildman–Crippen MR) is 122 cm³/mol. The van der Waals surface area contributed by atoms with Crippen LogP contribution in [-0.4, -0.2) is 67.2 Å². The van der Waals surface area contributed by atoms with Gasteiger partial charge < -0.3 is 19.5 Å². The SMILES string of the molecule is CCCC1NN(C)c2c1nc(-c1cc(C(=O)CN3CCOCC3)ccc1OCC)[nH]c2=O. The van der Waals surface area contributed by atoms with Gasteiger partial charge in [0.2, 0.25) is 0 Å². The zero-order valence-corrected chi connectivity index (χ0v) is 18.9. The lowest BCUT2D eigenvalue weighted by Crippen LogP contribution is -2.39. The van der Waals surface area contributed by atoms with E-state index in [2.05, 4.69) is 22.2 Å². The average Bonchev–Trinajstić information content (AvgIpc) is 3.10. The van der Waals surface area contributed by atoms with Crippen LogP contribution < -0.4 is 20.7 Å². The molecular weight excluding hydrogens is 410 g/mol. The Balaban J connectivity index is 1.71. The first-order valence-electron chi connectivity index (χ1n) is 11.3. The van der Waals surface area contributed by atoms with Gasteiger partial charge in [0, 0.05) is 25.7 Å². The van der Waals surface area contributed by atoms with E-state index in [0.717, 1.165) is 31.6 Å². The number of carbonyl (C=O) groups is 1. The van der Waals surface area contributed by atoms with E-state index in [1.165, 1.54) is 0 Å². The average molecular weight is 442 g/mol. The summed E-state index contributed by atoms with van der Waals surface area (Å²) in [6.45, 7) is 7.57. The summed E-state index contributed by atoms with van der Waals surface area (Å²) in [4.78, 5) is 35.7. The molecule has 32 heavy (non-hydrogen) atoms. The number of benzene rings is 1. The Morgan fingerprint density at radius 3 is 2.78 bits per heavy atom. The minimum absolute atomic E-state index is 0.0185. The highest BCUT2D eigenvalue weighted by Crippen LogP contribution is 2.34.